The van der Waals surface area contributed by atoms with Crippen LogP contribution in [0.25, 0.3) is 5.69 Å². The Labute approximate surface area is 122 Å². The maximum atomic E-state index is 13.1. The molecular weight excluding hydrogens is 301 g/mol. The van der Waals surface area contributed by atoms with Crippen molar-refractivity contribution in [2.75, 3.05) is 6.54 Å². The van der Waals surface area contributed by atoms with Crippen LogP contribution >= 0.6 is 0 Å². The van der Waals surface area contributed by atoms with Crippen molar-refractivity contribution in [3.63, 3.8) is 0 Å². The molecule has 1 aromatic heterocycles. The summed E-state index contributed by atoms with van der Waals surface area (Å²) >= 11 is 0. The number of hydrogen-bond acceptors (Lipinski definition) is 4. The molecule has 0 unspecified atom stereocenters. The summed E-state index contributed by atoms with van der Waals surface area (Å²) in [5.41, 5.74) is -0.0354. The van der Waals surface area contributed by atoms with E-state index < -0.39 is 16.8 Å². The predicted octanol–water partition coefficient (Wildman–Crippen LogP) is 2.45. The van der Waals surface area contributed by atoms with Gasteiger partial charge in [0.15, 0.2) is 5.69 Å². The molecule has 2 heterocycles. The number of halogens is 3. The lowest BCUT2D eigenvalue weighted by atomic mass is 10.1. The topological polar surface area (TPSA) is 73.0 Å². The molecule has 0 radical (unpaired) electrons. The van der Waals surface area contributed by atoms with Gasteiger partial charge in [0.2, 0.25) is 0 Å². The third kappa shape index (κ3) is 2.43. The highest BCUT2D eigenvalue weighted by atomic mass is 19.4. The Bertz CT molecular complexity index is 722. The third-order valence-corrected chi connectivity index (χ3v) is 3.50. The Kier molecular flexibility index (Phi) is 3.36. The summed E-state index contributed by atoms with van der Waals surface area (Å²) in [6.07, 6.45) is -4.12. The van der Waals surface area contributed by atoms with Gasteiger partial charge in [0.1, 0.15) is 0 Å². The van der Waals surface area contributed by atoms with Gasteiger partial charge in [0, 0.05) is 37.2 Å². The summed E-state index contributed by atoms with van der Waals surface area (Å²) in [5.74, 6) is 0. The molecule has 0 saturated heterocycles. The van der Waals surface area contributed by atoms with Gasteiger partial charge in [-0.1, -0.05) is 0 Å². The van der Waals surface area contributed by atoms with Gasteiger partial charge in [-0.15, -0.1) is 0 Å². The van der Waals surface area contributed by atoms with E-state index in [9.17, 15) is 23.3 Å². The summed E-state index contributed by atoms with van der Waals surface area (Å²) in [6, 6.07) is 5.29. The van der Waals surface area contributed by atoms with E-state index in [1.54, 1.807) is 0 Å². The quantitative estimate of drug-likeness (QED) is 0.683. The molecule has 0 atom stereocenters. The van der Waals surface area contributed by atoms with Crippen LogP contribution in [0.5, 0.6) is 0 Å². The first-order valence-electron chi connectivity index (χ1n) is 6.51. The van der Waals surface area contributed by atoms with E-state index in [1.165, 1.54) is 28.9 Å². The zero-order chi connectivity index (χ0) is 15.9. The molecule has 1 aromatic carbocycles. The number of nitrogens with zero attached hydrogens (tertiary/aromatic N) is 3. The lowest BCUT2D eigenvalue weighted by Gasteiger charge is -2.16. The van der Waals surface area contributed by atoms with Gasteiger partial charge in [-0.2, -0.15) is 18.3 Å². The van der Waals surface area contributed by atoms with Gasteiger partial charge in [-0.05, 0) is 12.1 Å². The molecule has 0 saturated carbocycles. The smallest absolute Gasteiger partial charge is 0.312 e. The molecule has 0 fully saturated rings. The molecule has 0 spiro atoms. The Hall–Kier alpha value is -2.42. The SMILES string of the molecule is O=[N+]([O-])c1ccc(-n2nc(C(F)(F)F)c3c2CCNC3)cc1. The highest BCUT2D eigenvalue weighted by molar-refractivity contribution is 5.44. The number of nitro groups is 1. The number of benzene rings is 1. The van der Waals surface area contributed by atoms with Gasteiger partial charge in [-0.3, -0.25) is 10.1 Å². The van der Waals surface area contributed by atoms with Crippen LogP contribution in [0.2, 0.25) is 0 Å². The number of nitro benzene ring substituents is 1. The monoisotopic (exact) mass is 312 g/mol. The van der Waals surface area contributed by atoms with Crippen LogP contribution in [0.4, 0.5) is 18.9 Å². The van der Waals surface area contributed by atoms with Crippen molar-refractivity contribution >= 4 is 5.69 Å². The number of non-ortho nitro benzene ring substituents is 1. The maximum Gasteiger partial charge on any atom is 0.435 e. The first-order valence-corrected chi connectivity index (χ1v) is 6.51. The largest absolute Gasteiger partial charge is 0.435 e. The molecule has 1 aliphatic heterocycles. The average Bonchev–Trinajstić information content (AvgIpc) is 2.87. The number of alkyl halides is 3. The molecule has 1 N–H and O–H groups in total. The highest BCUT2D eigenvalue weighted by Crippen LogP contribution is 2.34. The predicted molar refractivity (Wildman–Crippen MR) is 70.6 cm³/mol. The molecule has 0 aliphatic carbocycles. The molecular formula is C13H11F3N4O2. The number of fused-ring (bicyclic) bond motifs is 1. The summed E-state index contributed by atoms with van der Waals surface area (Å²) in [6.45, 7) is 0.667. The van der Waals surface area contributed by atoms with Crippen LogP contribution in [-0.4, -0.2) is 21.2 Å². The summed E-state index contributed by atoms with van der Waals surface area (Å²) in [4.78, 5) is 10.1. The van der Waals surface area contributed by atoms with Crippen molar-refractivity contribution in [2.24, 2.45) is 0 Å². The van der Waals surface area contributed by atoms with E-state index in [4.69, 9.17) is 0 Å². The Morgan fingerprint density at radius 1 is 1.27 bits per heavy atom. The molecule has 0 bridgehead atoms. The summed E-state index contributed by atoms with van der Waals surface area (Å²) in [5, 5.41) is 17.2. The van der Waals surface area contributed by atoms with Crippen molar-refractivity contribution in [1.29, 1.82) is 0 Å². The number of nitrogens with one attached hydrogen (secondary N) is 1. The minimum Gasteiger partial charge on any atom is -0.312 e. The second-order valence-corrected chi connectivity index (χ2v) is 4.88. The van der Waals surface area contributed by atoms with E-state index >= 15 is 0 Å². The van der Waals surface area contributed by atoms with Gasteiger partial charge in [-0.25, -0.2) is 4.68 Å². The molecule has 9 heteroatoms. The van der Waals surface area contributed by atoms with Crippen molar-refractivity contribution in [2.45, 2.75) is 19.1 Å². The zero-order valence-electron chi connectivity index (χ0n) is 11.2. The molecule has 22 heavy (non-hydrogen) atoms. The van der Waals surface area contributed by atoms with Gasteiger partial charge in [0.25, 0.3) is 5.69 Å². The fraction of sp³-hybridized carbons (Fsp3) is 0.308. The molecule has 1 aliphatic rings. The normalized spacial score (nSPS) is 14.7. The Morgan fingerprint density at radius 2 is 1.95 bits per heavy atom. The minimum atomic E-state index is -4.53. The van der Waals surface area contributed by atoms with E-state index in [0.29, 0.717) is 24.3 Å². The Morgan fingerprint density at radius 3 is 2.55 bits per heavy atom. The Balaban J connectivity index is 2.11. The second kappa shape index (κ2) is 5.09. The van der Waals surface area contributed by atoms with Crippen molar-refractivity contribution in [1.82, 2.24) is 15.1 Å². The molecule has 2 aromatic rings. The number of aromatic nitrogens is 2. The van der Waals surface area contributed by atoms with Gasteiger partial charge >= 0.3 is 6.18 Å². The number of rotatable bonds is 2. The van der Waals surface area contributed by atoms with Gasteiger partial charge < -0.3 is 5.32 Å². The minimum absolute atomic E-state index is 0.108. The standard InChI is InChI=1S/C13H11F3N4O2/c14-13(15,16)12-10-7-17-6-5-11(10)19(18-12)8-1-3-9(4-2-8)20(21)22/h1-4,17H,5-7H2. The zero-order valence-corrected chi connectivity index (χ0v) is 11.2. The van der Waals surface area contributed by atoms with E-state index in [-0.39, 0.29) is 17.8 Å². The molecule has 3 rings (SSSR count). The van der Waals surface area contributed by atoms with Crippen LogP contribution in [0.15, 0.2) is 24.3 Å². The summed E-state index contributed by atoms with van der Waals surface area (Å²) < 4.78 is 40.5. The van der Waals surface area contributed by atoms with Crippen LogP contribution in [0.1, 0.15) is 17.0 Å². The second-order valence-electron chi connectivity index (χ2n) is 4.88. The third-order valence-electron chi connectivity index (χ3n) is 3.50. The van der Waals surface area contributed by atoms with Crippen LogP contribution in [0, 0.1) is 10.1 Å². The maximum absolute atomic E-state index is 13.1. The fourth-order valence-corrected chi connectivity index (χ4v) is 2.50. The van der Waals surface area contributed by atoms with Crippen LogP contribution < -0.4 is 5.32 Å². The van der Waals surface area contributed by atoms with E-state index in [1.807, 2.05) is 0 Å². The molecule has 6 nitrogen and oxygen atoms in total. The molecule has 0 amide bonds. The number of hydrogen-bond donors (Lipinski definition) is 1. The van der Waals surface area contributed by atoms with Crippen LogP contribution in [0.3, 0.4) is 0 Å². The highest BCUT2D eigenvalue weighted by Gasteiger charge is 2.39. The van der Waals surface area contributed by atoms with Crippen LogP contribution in [-0.2, 0) is 19.1 Å². The van der Waals surface area contributed by atoms with E-state index in [0.717, 1.165) is 0 Å². The van der Waals surface area contributed by atoms with E-state index in [2.05, 4.69) is 10.4 Å². The van der Waals surface area contributed by atoms with Crippen molar-refractivity contribution in [3.05, 3.63) is 51.3 Å². The van der Waals surface area contributed by atoms with Gasteiger partial charge in [0.05, 0.1) is 16.3 Å². The van der Waals surface area contributed by atoms with Crippen molar-refractivity contribution < 1.29 is 18.1 Å². The first kappa shape index (κ1) is 14.5. The lowest BCUT2D eigenvalue weighted by molar-refractivity contribution is -0.384. The molecule has 116 valence electrons. The first-order chi connectivity index (χ1) is 10.4. The van der Waals surface area contributed by atoms with Crippen molar-refractivity contribution in [3.8, 4) is 5.69 Å². The summed E-state index contributed by atoms with van der Waals surface area (Å²) in [7, 11) is 0. The fourth-order valence-electron chi connectivity index (χ4n) is 2.50. The lowest BCUT2D eigenvalue weighted by Crippen LogP contribution is -2.25. The average molecular weight is 312 g/mol.